The summed E-state index contributed by atoms with van der Waals surface area (Å²) in [7, 11) is -6.34. The van der Waals surface area contributed by atoms with E-state index in [-0.39, 0.29) is 0 Å². The van der Waals surface area contributed by atoms with Crippen LogP contribution in [0.5, 0.6) is 0 Å². The van der Waals surface area contributed by atoms with Crippen molar-refractivity contribution < 1.29 is 33.1 Å². The van der Waals surface area contributed by atoms with Crippen LogP contribution >= 0.6 is 16.5 Å². The highest BCUT2D eigenvalue weighted by Crippen LogP contribution is 2.31. The summed E-state index contributed by atoms with van der Waals surface area (Å²) < 4.78 is 27.7. The topological polar surface area (TPSA) is 139 Å². The van der Waals surface area contributed by atoms with Crippen molar-refractivity contribution in [3.05, 3.63) is 0 Å². The van der Waals surface area contributed by atoms with E-state index in [9.17, 15) is 9.13 Å². The second-order valence-electron chi connectivity index (χ2n) is 1.58. The summed E-state index contributed by atoms with van der Waals surface area (Å²) in [6.45, 7) is -0.754. The monoisotopic (exact) mass is 219 g/mol. The molecule has 0 amide bonds. The van der Waals surface area contributed by atoms with Crippen molar-refractivity contribution in [2.45, 2.75) is 5.97 Å². The molecule has 0 rings (SSSR count). The molecule has 0 heterocycles. The lowest BCUT2D eigenvalue weighted by Crippen LogP contribution is -2.39. The van der Waals surface area contributed by atoms with Crippen LogP contribution in [0.2, 0.25) is 0 Å². The molecule has 70 valence electrons. The number of hydrogen-bond acceptors (Lipinski definition) is 6. The van der Waals surface area contributed by atoms with Gasteiger partial charge >= 0.3 is 22.5 Å². The molecule has 0 aromatic carbocycles. The minimum atomic E-state index is -3.17. The molecule has 0 aliphatic carbocycles. The molecule has 0 aromatic rings. The fourth-order valence-electron chi connectivity index (χ4n) is 0.335. The maximum absolute atomic E-state index is 10.0. The van der Waals surface area contributed by atoms with Crippen LogP contribution in [-0.2, 0) is 18.2 Å². The van der Waals surface area contributed by atoms with Crippen LogP contribution in [0.25, 0.3) is 0 Å². The molecule has 0 bridgehead atoms. The molecule has 2 unspecified atom stereocenters. The molecule has 0 saturated carbocycles. The van der Waals surface area contributed by atoms with Crippen LogP contribution in [0, 0.1) is 0 Å². The van der Waals surface area contributed by atoms with Gasteiger partial charge in [-0.25, -0.2) is 0 Å². The zero-order valence-electron chi connectivity index (χ0n) is 5.65. The quantitative estimate of drug-likeness (QED) is 0.338. The van der Waals surface area contributed by atoms with Crippen LogP contribution in [0.15, 0.2) is 0 Å². The summed E-state index contributed by atoms with van der Waals surface area (Å²) in [6.07, 6.45) is 0. The van der Waals surface area contributed by atoms with E-state index in [4.69, 9.17) is 20.6 Å². The Morgan fingerprint density at radius 1 is 1.25 bits per heavy atom. The van der Waals surface area contributed by atoms with E-state index in [2.05, 4.69) is 9.05 Å². The van der Waals surface area contributed by atoms with Gasteiger partial charge in [-0.05, 0) is 9.05 Å². The summed E-state index contributed by atoms with van der Waals surface area (Å²) in [6, 6.07) is 0. The van der Waals surface area contributed by atoms with E-state index >= 15 is 0 Å². The second kappa shape index (κ2) is 4.86. The standard InChI is InChI=1S/C2H5NO7P2/c3-1-2(4,9-11(5)6)10-12(7)8/h4H,1,3H2/p+2. The van der Waals surface area contributed by atoms with Crippen molar-refractivity contribution in [3.63, 3.8) is 0 Å². The van der Waals surface area contributed by atoms with E-state index in [1.807, 2.05) is 0 Å². The van der Waals surface area contributed by atoms with Crippen molar-refractivity contribution in [3.8, 4) is 0 Å². The Balaban J connectivity index is 4.23. The molecule has 0 radical (unpaired) electrons. The van der Waals surface area contributed by atoms with Crippen LogP contribution in [0.3, 0.4) is 0 Å². The van der Waals surface area contributed by atoms with Gasteiger partial charge in [0, 0.05) is 9.13 Å². The number of hydrogen-bond donors (Lipinski definition) is 4. The third kappa shape index (κ3) is 4.76. The van der Waals surface area contributed by atoms with E-state index in [0.717, 1.165) is 0 Å². The van der Waals surface area contributed by atoms with Gasteiger partial charge in [0.05, 0.1) is 6.54 Å². The zero-order chi connectivity index (χ0) is 9.78. The third-order valence-electron chi connectivity index (χ3n) is 0.699. The first-order chi connectivity index (χ1) is 5.39. The van der Waals surface area contributed by atoms with E-state index in [0.29, 0.717) is 0 Å². The van der Waals surface area contributed by atoms with Crippen molar-refractivity contribution in [2.75, 3.05) is 6.54 Å². The van der Waals surface area contributed by atoms with E-state index < -0.39 is 29.0 Å². The van der Waals surface area contributed by atoms with Gasteiger partial charge in [-0.1, -0.05) is 0 Å². The van der Waals surface area contributed by atoms with E-state index in [1.165, 1.54) is 0 Å². The van der Waals surface area contributed by atoms with Crippen molar-refractivity contribution >= 4 is 16.5 Å². The van der Waals surface area contributed by atoms with Gasteiger partial charge in [-0.2, -0.15) is 0 Å². The third-order valence-corrected chi connectivity index (χ3v) is 1.58. The van der Waals surface area contributed by atoms with Crippen molar-refractivity contribution in [1.82, 2.24) is 0 Å². The molecule has 0 fully saturated rings. The van der Waals surface area contributed by atoms with Gasteiger partial charge in [0.25, 0.3) is 0 Å². The maximum atomic E-state index is 10.0. The van der Waals surface area contributed by atoms with Gasteiger partial charge in [0.15, 0.2) is 0 Å². The predicted octanol–water partition coefficient (Wildman–Crippen LogP) is -1.08. The Labute approximate surface area is 68.8 Å². The van der Waals surface area contributed by atoms with Crippen LogP contribution in [-0.4, -0.2) is 27.4 Å². The smallest absolute Gasteiger partial charge is 0.336 e. The van der Waals surface area contributed by atoms with Gasteiger partial charge < -0.3 is 10.8 Å². The van der Waals surface area contributed by atoms with Gasteiger partial charge in [0.1, 0.15) is 0 Å². The van der Waals surface area contributed by atoms with Crippen molar-refractivity contribution in [2.24, 2.45) is 5.73 Å². The summed E-state index contributed by atoms with van der Waals surface area (Å²) in [5.41, 5.74) is 4.82. The Bertz CT molecular complexity index is 178. The average Bonchev–Trinajstić information content (AvgIpc) is 1.83. The van der Waals surface area contributed by atoms with Crippen molar-refractivity contribution in [1.29, 1.82) is 0 Å². The Morgan fingerprint density at radius 3 is 1.75 bits per heavy atom. The highest BCUT2D eigenvalue weighted by atomic mass is 31.1. The molecule has 10 heteroatoms. The largest absolute Gasteiger partial charge is 0.700 e. The molecule has 0 spiro atoms. The lowest BCUT2D eigenvalue weighted by Gasteiger charge is -2.09. The molecule has 8 nitrogen and oxygen atoms in total. The number of rotatable bonds is 5. The van der Waals surface area contributed by atoms with Gasteiger partial charge in [0.2, 0.25) is 0 Å². The first kappa shape index (κ1) is 12.0. The Hall–Kier alpha value is -0.0400. The lowest BCUT2D eigenvalue weighted by molar-refractivity contribution is -0.264. The average molecular weight is 219 g/mol. The lowest BCUT2D eigenvalue weighted by atomic mass is 10.6. The first-order valence-electron chi connectivity index (χ1n) is 2.52. The highest BCUT2D eigenvalue weighted by Gasteiger charge is 2.46. The number of aliphatic hydroxyl groups is 1. The normalized spacial score (nSPS) is 18.3. The molecule has 5 N–H and O–H groups in total. The fraction of sp³-hybridized carbons (Fsp3) is 1.00. The molecule has 0 aliphatic rings. The Morgan fingerprint density at radius 2 is 1.58 bits per heavy atom. The second-order valence-corrected chi connectivity index (χ2v) is 2.89. The molecule has 0 saturated heterocycles. The molecular weight excluding hydrogens is 212 g/mol. The highest BCUT2D eigenvalue weighted by molar-refractivity contribution is 7.33. The molecule has 0 aliphatic heterocycles. The summed E-state index contributed by atoms with van der Waals surface area (Å²) >= 11 is 0. The maximum Gasteiger partial charge on any atom is 0.700 e. The summed E-state index contributed by atoms with van der Waals surface area (Å²) in [5, 5.41) is 8.90. The molecule has 12 heavy (non-hydrogen) atoms. The number of nitrogens with two attached hydrogens (primary N) is 1. The minimum absolute atomic E-state index is 0.754. The predicted molar refractivity (Wildman–Crippen MR) is 35.8 cm³/mol. The minimum Gasteiger partial charge on any atom is -0.336 e. The summed E-state index contributed by atoms with van der Waals surface area (Å²) in [5.74, 6) is -2.70. The zero-order valence-corrected chi connectivity index (χ0v) is 7.44. The van der Waals surface area contributed by atoms with Crippen LogP contribution in [0.1, 0.15) is 0 Å². The van der Waals surface area contributed by atoms with Gasteiger partial charge in [-0.3, -0.25) is 0 Å². The summed E-state index contributed by atoms with van der Waals surface area (Å²) in [4.78, 5) is 16.3. The van der Waals surface area contributed by atoms with E-state index in [1.54, 1.807) is 0 Å². The van der Waals surface area contributed by atoms with Crippen LogP contribution in [0.4, 0.5) is 0 Å². The molecular formula is C2H7NO7P2+2. The SMILES string of the molecule is NCC(O)(O[P+](=O)O)O[P+](=O)O. The molecule has 2 atom stereocenters. The fourth-order valence-corrected chi connectivity index (χ4v) is 1.11. The van der Waals surface area contributed by atoms with Crippen LogP contribution < -0.4 is 5.73 Å². The molecule has 0 aromatic heterocycles. The first-order valence-corrected chi connectivity index (χ1v) is 4.78. The van der Waals surface area contributed by atoms with Gasteiger partial charge in [-0.15, -0.1) is 9.79 Å². The Kier molecular flexibility index (Phi) is 4.84.